The van der Waals surface area contributed by atoms with E-state index in [0.717, 1.165) is 31.4 Å². The third kappa shape index (κ3) is 14.2. The molecular formula is C27H48O4S. The molecule has 1 rings (SSSR count). The number of unbranched alkanes of at least 4 members (excludes halogenated alkanes) is 12. The number of rotatable bonds is 20. The first-order chi connectivity index (χ1) is 15.4. The second kappa shape index (κ2) is 17.4. The van der Waals surface area contributed by atoms with Crippen LogP contribution in [0.5, 0.6) is 5.75 Å². The molecule has 0 amide bonds. The molecule has 1 unspecified atom stereocenters. The number of ether oxygens (including phenoxy) is 1. The highest BCUT2D eigenvalue weighted by molar-refractivity contribution is 7.85. The Balaban J connectivity index is 2.69. The molecule has 0 saturated carbocycles. The van der Waals surface area contributed by atoms with Crippen LogP contribution in [0.25, 0.3) is 0 Å². The van der Waals surface area contributed by atoms with E-state index < -0.39 is 16.2 Å². The van der Waals surface area contributed by atoms with Gasteiger partial charge in [-0.2, -0.15) is 8.42 Å². The van der Waals surface area contributed by atoms with Crippen molar-refractivity contribution in [2.75, 3.05) is 5.75 Å². The summed E-state index contributed by atoms with van der Waals surface area (Å²) in [5, 5.41) is 0. The Bertz CT molecular complexity index is 663. The van der Waals surface area contributed by atoms with E-state index in [1.54, 1.807) is 6.92 Å². The van der Waals surface area contributed by atoms with Crippen LogP contribution in [0.2, 0.25) is 0 Å². The van der Waals surface area contributed by atoms with Crippen molar-refractivity contribution in [1.29, 1.82) is 0 Å². The molecule has 0 radical (unpaired) electrons. The fourth-order valence-electron chi connectivity index (χ4n) is 4.26. The summed E-state index contributed by atoms with van der Waals surface area (Å²) in [5.41, 5.74) is 2.34. The SMILES string of the molecule is CCCCCCCCCc1cccc(CCCCCCCCC)c1OC(C)CS(=O)(=O)O. The van der Waals surface area contributed by atoms with Crippen molar-refractivity contribution in [3.63, 3.8) is 0 Å². The van der Waals surface area contributed by atoms with Crippen LogP contribution in [0.3, 0.4) is 0 Å². The normalized spacial score (nSPS) is 12.8. The van der Waals surface area contributed by atoms with Crippen LogP contribution in [0.4, 0.5) is 0 Å². The van der Waals surface area contributed by atoms with E-state index in [2.05, 4.69) is 32.0 Å². The average molecular weight is 469 g/mol. The zero-order valence-corrected chi connectivity index (χ0v) is 21.7. The second-order valence-corrected chi connectivity index (χ2v) is 10.8. The van der Waals surface area contributed by atoms with Crippen LogP contribution in [0.1, 0.15) is 122 Å². The van der Waals surface area contributed by atoms with Crippen molar-refractivity contribution in [2.45, 2.75) is 130 Å². The third-order valence-electron chi connectivity index (χ3n) is 6.04. The maximum absolute atomic E-state index is 11.3. The monoisotopic (exact) mass is 468 g/mol. The molecule has 4 nitrogen and oxygen atoms in total. The van der Waals surface area contributed by atoms with Crippen LogP contribution in [0.15, 0.2) is 18.2 Å². The summed E-state index contributed by atoms with van der Waals surface area (Å²) in [4.78, 5) is 0. The quantitative estimate of drug-likeness (QED) is 0.156. The van der Waals surface area contributed by atoms with Crippen molar-refractivity contribution in [2.24, 2.45) is 0 Å². The summed E-state index contributed by atoms with van der Waals surface area (Å²) in [6.45, 7) is 6.20. The van der Waals surface area contributed by atoms with Crippen molar-refractivity contribution < 1.29 is 17.7 Å². The molecule has 0 fully saturated rings. The van der Waals surface area contributed by atoms with E-state index in [9.17, 15) is 13.0 Å². The average Bonchev–Trinajstić information content (AvgIpc) is 2.72. The second-order valence-electron chi connectivity index (χ2n) is 9.33. The van der Waals surface area contributed by atoms with Gasteiger partial charge in [0.1, 0.15) is 17.6 Å². The summed E-state index contributed by atoms with van der Waals surface area (Å²) in [7, 11) is -4.06. The summed E-state index contributed by atoms with van der Waals surface area (Å²) in [6, 6.07) is 6.33. The van der Waals surface area contributed by atoms with Gasteiger partial charge in [0.15, 0.2) is 0 Å². The fraction of sp³-hybridized carbons (Fsp3) is 0.778. The summed E-state index contributed by atoms with van der Waals surface area (Å²) < 4.78 is 38.0. The Morgan fingerprint density at radius 2 is 1.16 bits per heavy atom. The van der Waals surface area contributed by atoms with Crippen molar-refractivity contribution in [3.8, 4) is 5.75 Å². The first-order valence-electron chi connectivity index (χ1n) is 13.1. The number of para-hydroxylation sites is 1. The molecule has 0 aliphatic heterocycles. The number of benzene rings is 1. The summed E-state index contributed by atoms with van der Waals surface area (Å²) >= 11 is 0. The number of aryl methyl sites for hydroxylation is 2. The van der Waals surface area contributed by atoms with Crippen LogP contribution in [-0.4, -0.2) is 24.8 Å². The van der Waals surface area contributed by atoms with Crippen LogP contribution in [-0.2, 0) is 23.0 Å². The predicted octanol–water partition coefficient (Wildman–Crippen LogP) is 7.93. The first-order valence-corrected chi connectivity index (χ1v) is 14.7. The van der Waals surface area contributed by atoms with E-state index in [0.29, 0.717) is 0 Å². The van der Waals surface area contributed by atoms with Crippen molar-refractivity contribution in [3.05, 3.63) is 29.3 Å². The topological polar surface area (TPSA) is 63.6 Å². The molecule has 0 aliphatic rings. The molecule has 0 bridgehead atoms. The molecule has 0 aromatic heterocycles. The molecule has 0 heterocycles. The Hall–Kier alpha value is -1.07. The van der Waals surface area contributed by atoms with Gasteiger partial charge >= 0.3 is 0 Å². The molecule has 1 atom stereocenters. The van der Waals surface area contributed by atoms with Gasteiger partial charge in [-0.1, -0.05) is 109 Å². The van der Waals surface area contributed by atoms with Gasteiger partial charge in [-0.25, -0.2) is 0 Å². The standard InChI is InChI=1S/C27H48O4S/c1-4-6-8-10-12-14-16-19-25-21-18-22-26(20-17-15-13-11-9-7-5-2)27(25)31-24(3)23-32(28,29)30/h18,21-22,24H,4-17,19-20,23H2,1-3H3,(H,28,29,30). The molecule has 32 heavy (non-hydrogen) atoms. The van der Waals surface area contributed by atoms with E-state index in [1.807, 2.05) is 0 Å². The molecule has 0 spiro atoms. The predicted molar refractivity (Wildman–Crippen MR) is 136 cm³/mol. The summed E-state index contributed by atoms with van der Waals surface area (Å²) in [5.74, 6) is 0.468. The largest absolute Gasteiger partial charge is 0.489 e. The third-order valence-corrected chi connectivity index (χ3v) is 6.93. The van der Waals surface area contributed by atoms with Gasteiger partial charge in [-0.3, -0.25) is 4.55 Å². The lowest BCUT2D eigenvalue weighted by Gasteiger charge is -2.20. The lowest BCUT2D eigenvalue weighted by atomic mass is 9.98. The van der Waals surface area contributed by atoms with E-state index in [4.69, 9.17) is 4.74 Å². The van der Waals surface area contributed by atoms with Gasteiger partial charge < -0.3 is 4.74 Å². The van der Waals surface area contributed by atoms with Gasteiger partial charge in [0, 0.05) is 0 Å². The molecule has 1 N–H and O–H groups in total. The molecule has 5 heteroatoms. The maximum Gasteiger partial charge on any atom is 0.268 e. The zero-order chi connectivity index (χ0) is 23.7. The number of hydrogen-bond acceptors (Lipinski definition) is 3. The minimum atomic E-state index is -4.06. The molecular weight excluding hydrogens is 420 g/mol. The maximum atomic E-state index is 11.3. The minimum Gasteiger partial charge on any atom is -0.489 e. The highest BCUT2D eigenvalue weighted by atomic mass is 32.2. The minimum absolute atomic E-state index is 0.379. The van der Waals surface area contributed by atoms with Crippen LogP contribution >= 0.6 is 0 Å². The zero-order valence-electron chi connectivity index (χ0n) is 20.9. The van der Waals surface area contributed by atoms with E-state index in [-0.39, 0.29) is 5.75 Å². The van der Waals surface area contributed by atoms with Gasteiger partial charge in [0.2, 0.25) is 0 Å². The molecule has 0 saturated heterocycles. The van der Waals surface area contributed by atoms with Gasteiger partial charge in [0.25, 0.3) is 10.1 Å². The van der Waals surface area contributed by atoms with Gasteiger partial charge in [0.05, 0.1) is 0 Å². The Labute approximate surface area is 198 Å². The molecule has 1 aromatic carbocycles. The van der Waals surface area contributed by atoms with Crippen molar-refractivity contribution >= 4 is 10.1 Å². The number of hydrogen-bond donors (Lipinski definition) is 1. The Morgan fingerprint density at radius 3 is 1.56 bits per heavy atom. The lowest BCUT2D eigenvalue weighted by Crippen LogP contribution is -2.24. The Kier molecular flexibility index (Phi) is 15.8. The van der Waals surface area contributed by atoms with Gasteiger partial charge in [-0.05, 0) is 43.7 Å². The van der Waals surface area contributed by atoms with E-state index in [1.165, 1.54) is 88.2 Å². The summed E-state index contributed by atoms with van der Waals surface area (Å²) in [6.07, 6.45) is 19.0. The fourth-order valence-corrected chi connectivity index (χ4v) is 4.92. The van der Waals surface area contributed by atoms with Crippen LogP contribution in [0, 0.1) is 0 Å². The molecule has 0 aliphatic carbocycles. The highest BCUT2D eigenvalue weighted by Gasteiger charge is 2.18. The molecule has 186 valence electrons. The lowest BCUT2D eigenvalue weighted by molar-refractivity contribution is 0.236. The van der Waals surface area contributed by atoms with Crippen LogP contribution < -0.4 is 4.74 Å². The van der Waals surface area contributed by atoms with E-state index >= 15 is 0 Å². The highest BCUT2D eigenvalue weighted by Crippen LogP contribution is 2.29. The smallest absolute Gasteiger partial charge is 0.268 e. The molecule has 1 aromatic rings. The van der Waals surface area contributed by atoms with Gasteiger partial charge in [-0.15, -0.1) is 0 Å². The van der Waals surface area contributed by atoms with Crippen molar-refractivity contribution in [1.82, 2.24) is 0 Å². The first kappa shape index (κ1) is 29.0. The Morgan fingerprint density at radius 1 is 0.750 bits per heavy atom.